The monoisotopic (exact) mass is 543 g/mol. The van der Waals surface area contributed by atoms with E-state index in [1.807, 2.05) is 87.5 Å². The summed E-state index contributed by atoms with van der Waals surface area (Å²) in [6.07, 6.45) is 8.23. The molecule has 40 heavy (non-hydrogen) atoms. The lowest BCUT2D eigenvalue weighted by Crippen LogP contribution is -2.60. The Morgan fingerprint density at radius 3 is 2.42 bits per heavy atom. The number of likely N-dealkylation sites (tertiary alicyclic amines) is 1. The zero-order valence-electron chi connectivity index (χ0n) is 23.5. The third-order valence-corrected chi connectivity index (χ3v) is 9.59. The van der Waals surface area contributed by atoms with Crippen LogP contribution in [0.15, 0.2) is 66.8 Å². The van der Waals surface area contributed by atoms with Crippen LogP contribution in [-0.4, -0.2) is 82.7 Å². The van der Waals surface area contributed by atoms with E-state index in [9.17, 15) is 19.5 Å². The number of aliphatic hydroxyl groups excluding tert-OH is 1. The minimum Gasteiger partial charge on any atom is -0.394 e. The van der Waals surface area contributed by atoms with Crippen molar-refractivity contribution in [2.24, 2.45) is 17.8 Å². The average molecular weight is 544 g/mol. The van der Waals surface area contributed by atoms with Crippen LogP contribution in [0.3, 0.4) is 0 Å². The number of carbonyl (C=O) groups excluding carboxylic acids is 3. The highest BCUT2D eigenvalue weighted by atomic mass is 16.5. The molecule has 6 rings (SSSR count). The number of benzene rings is 2. The first-order chi connectivity index (χ1) is 19.2. The second kappa shape index (κ2) is 9.56. The van der Waals surface area contributed by atoms with Crippen LogP contribution in [0.2, 0.25) is 0 Å². The molecular formula is C32H37N3O5. The van der Waals surface area contributed by atoms with Gasteiger partial charge in [0, 0.05) is 25.8 Å². The largest absolute Gasteiger partial charge is 0.394 e. The van der Waals surface area contributed by atoms with Crippen LogP contribution in [0.5, 0.6) is 0 Å². The van der Waals surface area contributed by atoms with Crippen molar-refractivity contribution in [2.45, 2.75) is 50.5 Å². The lowest BCUT2D eigenvalue weighted by atomic mass is 9.74. The molecule has 2 saturated heterocycles. The lowest BCUT2D eigenvalue weighted by molar-refractivity contribution is -0.152. The Labute approximate surface area is 234 Å². The van der Waals surface area contributed by atoms with E-state index in [0.29, 0.717) is 19.5 Å². The molecule has 2 fully saturated rings. The summed E-state index contributed by atoms with van der Waals surface area (Å²) in [5.41, 5.74) is -1.68. The quantitative estimate of drug-likeness (QED) is 0.586. The molecule has 210 valence electrons. The maximum atomic E-state index is 14.7. The van der Waals surface area contributed by atoms with Crippen molar-refractivity contribution in [3.8, 4) is 0 Å². The molecule has 2 aromatic rings. The van der Waals surface area contributed by atoms with Crippen LogP contribution in [-0.2, 0) is 19.1 Å². The average Bonchev–Trinajstić information content (AvgIpc) is 3.23. The van der Waals surface area contributed by atoms with E-state index in [1.54, 1.807) is 21.7 Å². The van der Waals surface area contributed by atoms with Gasteiger partial charge in [-0.2, -0.15) is 0 Å². The minimum atomic E-state index is -1.35. The van der Waals surface area contributed by atoms with Gasteiger partial charge in [0.1, 0.15) is 11.6 Å². The Morgan fingerprint density at radius 1 is 0.975 bits per heavy atom. The van der Waals surface area contributed by atoms with Gasteiger partial charge in [-0.15, -0.1) is 0 Å². The molecular weight excluding hydrogens is 506 g/mol. The number of hydrogen-bond acceptors (Lipinski definition) is 5. The van der Waals surface area contributed by atoms with Crippen molar-refractivity contribution in [3.05, 3.63) is 66.8 Å². The molecule has 3 amide bonds. The molecule has 8 nitrogen and oxygen atoms in total. The molecule has 8 heteroatoms. The van der Waals surface area contributed by atoms with Crippen molar-refractivity contribution < 1.29 is 24.2 Å². The molecule has 4 heterocycles. The Bertz CT molecular complexity index is 1440. The fraction of sp³-hybridized carbons (Fsp3) is 0.469. The predicted molar refractivity (Wildman–Crippen MR) is 152 cm³/mol. The first-order valence-corrected chi connectivity index (χ1v) is 14.2. The minimum absolute atomic E-state index is 0.0715. The number of aliphatic hydroxyl groups is 1. The molecule has 0 aromatic heterocycles. The van der Waals surface area contributed by atoms with E-state index in [-0.39, 0.29) is 30.2 Å². The maximum Gasteiger partial charge on any atom is 0.253 e. The molecule has 4 aliphatic rings. The third kappa shape index (κ3) is 3.69. The number of rotatable bonds is 5. The Balaban J connectivity index is 1.52. The van der Waals surface area contributed by atoms with E-state index in [0.717, 1.165) is 16.5 Å². The number of fused-ring (bicyclic) bond motifs is 3. The summed E-state index contributed by atoms with van der Waals surface area (Å²) in [4.78, 5) is 47.9. The van der Waals surface area contributed by atoms with Crippen molar-refractivity contribution in [1.29, 1.82) is 0 Å². The summed E-state index contributed by atoms with van der Waals surface area (Å²) in [5, 5.41) is 12.6. The highest BCUT2D eigenvalue weighted by molar-refractivity contribution is 6.06. The number of likely N-dealkylation sites (N-methyl/N-ethyl adjacent to an activating group) is 1. The molecule has 7 atom stereocenters. The second-order valence-corrected chi connectivity index (χ2v) is 11.9. The topological polar surface area (TPSA) is 90.4 Å². The number of amides is 3. The second-order valence-electron chi connectivity index (χ2n) is 11.9. The summed E-state index contributed by atoms with van der Waals surface area (Å²) in [6, 6.07) is 12.2. The first-order valence-electron chi connectivity index (χ1n) is 14.2. The lowest BCUT2D eigenvalue weighted by Gasteiger charge is -2.41. The van der Waals surface area contributed by atoms with Crippen molar-refractivity contribution >= 4 is 34.2 Å². The fourth-order valence-corrected chi connectivity index (χ4v) is 7.33. The smallest absolute Gasteiger partial charge is 0.253 e. The fourth-order valence-electron chi connectivity index (χ4n) is 7.33. The molecule has 1 unspecified atom stereocenters. The van der Waals surface area contributed by atoms with Crippen molar-refractivity contribution in [2.75, 3.05) is 31.6 Å². The first kappa shape index (κ1) is 26.7. The summed E-state index contributed by atoms with van der Waals surface area (Å²) < 4.78 is 6.87. The van der Waals surface area contributed by atoms with Crippen LogP contribution < -0.4 is 4.90 Å². The number of anilines is 1. The number of carbonyl (C=O) groups is 3. The summed E-state index contributed by atoms with van der Waals surface area (Å²) in [7, 11) is 1.73. The zero-order valence-corrected chi connectivity index (χ0v) is 23.5. The van der Waals surface area contributed by atoms with Crippen molar-refractivity contribution in [3.63, 3.8) is 0 Å². The predicted octanol–water partition coefficient (Wildman–Crippen LogP) is 3.15. The van der Waals surface area contributed by atoms with E-state index < -0.39 is 35.1 Å². The van der Waals surface area contributed by atoms with Crippen LogP contribution in [0.25, 0.3) is 10.8 Å². The zero-order chi connectivity index (χ0) is 28.4. The molecule has 2 aromatic carbocycles. The van der Waals surface area contributed by atoms with Gasteiger partial charge in [-0.25, -0.2) is 0 Å². The van der Waals surface area contributed by atoms with Crippen molar-refractivity contribution in [1.82, 2.24) is 9.80 Å². The normalized spacial score (nSPS) is 33.1. The van der Waals surface area contributed by atoms with Crippen LogP contribution in [0.4, 0.5) is 5.69 Å². The molecule has 4 aliphatic heterocycles. The van der Waals surface area contributed by atoms with Gasteiger partial charge in [0.05, 0.1) is 30.1 Å². The molecule has 0 radical (unpaired) electrons. The van der Waals surface area contributed by atoms with Gasteiger partial charge in [0.25, 0.3) is 5.91 Å². The van der Waals surface area contributed by atoms with Gasteiger partial charge in [-0.3, -0.25) is 14.4 Å². The van der Waals surface area contributed by atoms with E-state index in [4.69, 9.17) is 4.74 Å². The van der Waals surface area contributed by atoms with Crippen LogP contribution in [0, 0.1) is 17.8 Å². The summed E-state index contributed by atoms with van der Waals surface area (Å²) >= 11 is 0. The Hall–Kier alpha value is -3.49. The summed E-state index contributed by atoms with van der Waals surface area (Å²) in [5.74, 6) is -2.52. The van der Waals surface area contributed by atoms with E-state index in [1.165, 1.54) is 0 Å². The van der Waals surface area contributed by atoms with Gasteiger partial charge in [0.2, 0.25) is 11.8 Å². The number of ether oxygens (including phenoxy) is 1. The van der Waals surface area contributed by atoms with Gasteiger partial charge < -0.3 is 24.5 Å². The summed E-state index contributed by atoms with van der Waals surface area (Å²) in [6.45, 7) is 6.25. The van der Waals surface area contributed by atoms with E-state index >= 15 is 0 Å². The van der Waals surface area contributed by atoms with Crippen LogP contribution >= 0.6 is 0 Å². The molecule has 1 spiro atoms. The third-order valence-electron chi connectivity index (χ3n) is 9.59. The van der Waals surface area contributed by atoms with E-state index in [2.05, 4.69) is 0 Å². The molecule has 0 bridgehead atoms. The molecule has 0 aliphatic carbocycles. The van der Waals surface area contributed by atoms with Gasteiger partial charge in [-0.05, 0) is 35.7 Å². The molecule has 0 saturated carbocycles. The Morgan fingerprint density at radius 2 is 1.70 bits per heavy atom. The number of hydrogen-bond donors (Lipinski definition) is 1. The maximum absolute atomic E-state index is 14.7. The number of nitrogens with zero attached hydrogens (tertiary/aromatic N) is 3. The highest BCUT2D eigenvalue weighted by Gasteiger charge is 2.75. The Kier molecular flexibility index (Phi) is 6.39. The molecule has 1 N–H and O–H groups in total. The SMILES string of the molecule is CC[C@H](C)[C@H](CO)N1C(=O)[C@@H]2[C@H]3C(=O)N(C)CC=C[C@@]3(C)O[C@@]23C=CCN(c2ccc4ccccc4c2)C(=O)C13. The standard InChI is InChI=1S/C32H37N3O5/c1-5-20(2)24(19-36)35-27-30(39)34(23-13-12-21-10-6-7-11-22(21)18-23)17-9-15-32(27)26(29(35)38)25-28(37)33(4)16-8-14-31(25,3)40-32/h6-15,18,20,24-27,36H,5,16-17,19H2,1-4H3/t20-,24-,25-,26-,27?,31+,32-/m0/s1. The van der Waals surface area contributed by atoms with Gasteiger partial charge in [-0.1, -0.05) is 74.9 Å². The van der Waals surface area contributed by atoms with Crippen LogP contribution in [0.1, 0.15) is 27.2 Å². The van der Waals surface area contributed by atoms with Gasteiger partial charge in [0.15, 0.2) is 0 Å². The highest BCUT2D eigenvalue weighted by Crippen LogP contribution is 2.58. The van der Waals surface area contributed by atoms with Gasteiger partial charge >= 0.3 is 0 Å².